The molecule has 0 bridgehead atoms. The molecule has 0 saturated heterocycles. The first-order valence-corrected chi connectivity index (χ1v) is 5.14. The second-order valence-corrected chi connectivity index (χ2v) is 4.04. The average Bonchev–Trinajstić information content (AvgIpc) is 2.61. The Kier molecular flexibility index (Phi) is 2.58. The molecule has 0 aromatic heterocycles. The SMILES string of the molecule is C=CC(C(=O)O)C1Cc2ccccc2C1. The van der Waals surface area contributed by atoms with E-state index in [9.17, 15) is 4.79 Å². The van der Waals surface area contributed by atoms with Gasteiger partial charge in [-0.05, 0) is 29.9 Å². The molecule has 0 fully saturated rings. The van der Waals surface area contributed by atoms with Crippen LogP contribution in [0.2, 0.25) is 0 Å². The summed E-state index contributed by atoms with van der Waals surface area (Å²) in [5.41, 5.74) is 2.58. The molecule has 1 unspecified atom stereocenters. The van der Waals surface area contributed by atoms with Gasteiger partial charge in [-0.1, -0.05) is 30.3 Å². The van der Waals surface area contributed by atoms with Gasteiger partial charge in [0.1, 0.15) is 0 Å². The maximum Gasteiger partial charge on any atom is 0.310 e. The molecule has 15 heavy (non-hydrogen) atoms. The summed E-state index contributed by atoms with van der Waals surface area (Å²) in [7, 11) is 0. The molecule has 1 aromatic carbocycles. The van der Waals surface area contributed by atoms with Gasteiger partial charge >= 0.3 is 5.97 Å². The molecule has 1 N–H and O–H groups in total. The number of carboxylic acid groups (broad SMARTS) is 1. The zero-order valence-corrected chi connectivity index (χ0v) is 8.52. The molecule has 1 aromatic rings. The number of benzene rings is 1. The molecule has 1 atom stereocenters. The molecule has 2 rings (SSSR count). The van der Waals surface area contributed by atoms with Crippen molar-refractivity contribution in [2.45, 2.75) is 12.8 Å². The quantitative estimate of drug-likeness (QED) is 0.763. The molecule has 0 spiro atoms. The molecule has 0 saturated carbocycles. The maximum atomic E-state index is 11.0. The minimum absolute atomic E-state index is 0.178. The van der Waals surface area contributed by atoms with Gasteiger partial charge in [0.2, 0.25) is 0 Å². The molecule has 2 heteroatoms. The minimum Gasteiger partial charge on any atom is -0.481 e. The summed E-state index contributed by atoms with van der Waals surface area (Å²) in [5.74, 6) is -1.00. The monoisotopic (exact) mass is 202 g/mol. The lowest BCUT2D eigenvalue weighted by atomic mass is 9.90. The predicted octanol–water partition coefficient (Wildman–Crippen LogP) is 2.29. The lowest BCUT2D eigenvalue weighted by molar-refractivity contribution is -0.141. The van der Waals surface area contributed by atoms with Crippen LogP contribution in [0.3, 0.4) is 0 Å². The molecular weight excluding hydrogens is 188 g/mol. The van der Waals surface area contributed by atoms with Crippen molar-refractivity contribution in [3.63, 3.8) is 0 Å². The number of aliphatic carboxylic acids is 1. The highest BCUT2D eigenvalue weighted by molar-refractivity contribution is 5.72. The zero-order chi connectivity index (χ0) is 10.8. The molecule has 0 heterocycles. The van der Waals surface area contributed by atoms with Crippen LogP contribution < -0.4 is 0 Å². The number of fused-ring (bicyclic) bond motifs is 1. The third-order valence-corrected chi connectivity index (χ3v) is 3.13. The van der Waals surface area contributed by atoms with Gasteiger partial charge in [-0.2, -0.15) is 0 Å². The Bertz CT molecular complexity index is 370. The van der Waals surface area contributed by atoms with Crippen LogP contribution in [0.5, 0.6) is 0 Å². The summed E-state index contributed by atoms with van der Waals surface area (Å²) < 4.78 is 0. The highest BCUT2D eigenvalue weighted by atomic mass is 16.4. The Morgan fingerprint density at radius 1 is 1.40 bits per heavy atom. The van der Waals surface area contributed by atoms with E-state index >= 15 is 0 Å². The fourth-order valence-electron chi connectivity index (χ4n) is 2.34. The smallest absolute Gasteiger partial charge is 0.310 e. The van der Waals surface area contributed by atoms with E-state index in [1.807, 2.05) is 12.1 Å². The molecule has 0 aliphatic heterocycles. The van der Waals surface area contributed by atoms with Crippen LogP contribution in [0.25, 0.3) is 0 Å². The van der Waals surface area contributed by atoms with Crippen molar-refractivity contribution in [2.24, 2.45) is 11.8 Å². The fraction of sp³-hybridized carbons (Fsp3) is 0.308. The highest BCUT2D eigenvalue weighted by Crippen LogP contribution is 2.32. The van der Waals surface area contributed by atoms with Crippen LogP contribution in [-0.4, -0.2) is 11.1 Å². The standard InChI is InChI=1S/C13H14O2/c1-2-12(13(14)15)11-7-9-5-3-4-6-10(9)8-11/h2-6,11-12H,1,7-8H2,(H,14,15). The van der Waals surface area contributed by atoms with Crippen LogP contribution in [0.1, 0.15) is 11.1 Å². The molecule has 1 aliphatic carbocycles. The van der Waals surface area contributed by atoms with Gasteiger partial charge in [0.15, 0.2) is 0 Å². The lowest BCUT2D eigenvalue weighted by Gasteiger charge is -2.14. The van der Waals surface area contributed by atoms with Crippen LogP contribution in [0.4, 0.5) is 0 Å². The first-order chi connectivity index (χ1) is 7.22. The highest BCUT2D eigenvalue weighted by Gasteiger charge is 2.30. The van der Waals surface area contributed by atoms with Crippen molar-refractivity contribution in [1.29, 1.82) is 0 Å². The van der Waals surface area contributed by atoms with Gasteiger partial charge in [0.25, 0.3) is 0 Å². The normalized spacial score (nSPS) is 17.1. The second kappa shape index (κ2) is 3.89. The third-order valence-electron chi connectivity index (χ3n) is 3.13. The van der Waals surface area contributed by atoms with E-state index in [0.29, 0.717) is 0 Å². The topological polar surface area (TPSA) is 37.3 Å². The van der Waals surface area contributed by atoms with Crippen molar-refractivity contribution in [3.8, 4) is 0 Å². The third kappa shape index (κ3) is 1.80. The van der Waals surface area contributed by atoms with E-state index in [4.69, 9.17) is 5.11 Å². The zero-order valence-electron chi connectivity index (χ0n) is 8.52. The number of hydrogen-bond donors (Lipinski definition) is 1. The van der Waals surface area contributed by atoms with Crippen molar-refractivity contribution in [2.75, 3.05) is 0 Å². The summed E-state index contributed by atoms with van der Waals surface area (Å²) in [6, 6.07) is 8.17. The lowest BCUT2D eigenvalue weighted by Crippen LogP contribution is -2.21. The summed E-state index contributed by atoms with van der Waals surface area (Å²) in [5, 5.41) is 9.04. The molecule has 2 nitrogen and oxygen atoms in total. The fourth-order valence-corrected chi connectivity index (χ4v) is 2.34. The Labute approximate surface area is 89.2 Å². The van der Waals surface area contributed by atoms with E-state index in [2.05, 4.69) is 18.7 Å². The predicted molar refractivity (Wildman–Crippen MR) is 58.7 cm³/mol. The van der Waals surface area contributed by atoms with Crippen LogP contribution in [0, 0.1) is 11.8 Å². The van der Waals surface area contributed by atoms with Gasteiger partial charge in [0, 0.05) is 0 Å². The Morgan fingerprint density at radius 2 is 1.93 bits per heavy atom. The Balaban J connectivity index is 2.19. The number of carbonyl (C=O) groups is 1. The van der Waals surface area contributed by atoms with E-state index < -0.39 is 11.9 Å². The maximum absolute atomic E-state index is 11.0. The first-order valence-electron chi connectivity index (χ1n) is 5.14. The van der Waals surface area contributed by atoms with Gasteiger partial charge in [-0.25, -0.2) is 0 Å². The summed E-state index contributed by atoms with van der Waals surface area (Å²) >= 11 is 0. The summed E-state index contributed by atoms with van der Waals surface area (Å²) in [6.45, 7) is 3.61. The van der Waals surface area contributed by atoms with E-state index in [1.54, 1.807) is 6.08 Å². The molecule has 0 radical (unpaired) electrons. The van der Waals surface area contributed by atoms with Gasteiger partial charge in [-0.3, -0.25) is 4.79 Å². The van der Waals surface area contributed by atoms with E-state index in [0.717, 1.165) is 12.8 Å². The van der Waals surface area contributed by atoms with Gasteiger partial charge in [-0.15, -0.1) is 6.58 Å². The van der Waals surface area contributed by atoms with Crippen molar-refractivity contribution in [1.82, 2.24) is 0 Å². The number of carboxylic acids is 1. The minimum atomic E-state index is -0.761. The number of rotatable bonds is 3. The van der Waals surface area contributed by atoms with Crippen molar-refractivity contribution < 1.29 is 9.90 Å². The molecule has 1 aliphatic rings. The Hall–Kier alpha value is -1.57. The number of hydrogen-bond acceptors (Lipinski definition) is 1. The van der Waals surface area contributed by atoms with Gasteiger partial charge < -0.3 is 5.11 Å². The largest absolute Gasteiger partial charge is 0.481 e. The summed E-state index contributed by atoms with van der Waals surface area (Å²) in [6.07, 6.45) is 3.28. The molecule has 78 valence electrons. The van der Waals surface area contributed by atoms with Gasteiger partial charge in [0.05, 0.1) is 5.92 Å². The first kappa shape index (κ1) is 9.97. The molecular formula is C13H14O2. The van der Waals surface area contributed by atoms with Crippen LogP contribution in [-0.2, 0) is 17.6 Å². The van der Waals surface area contributed by atoms with Crippen LogP contribution >= 0.6 is 0 Å². The summed E-state index contributed by atoms with van der Waals surface area (Å²) in [4.78, 5) is 11.0. The van der Waals surface area contributed by atoms with E-state index in [-0.39, 0.29) is 5.92 Å². The Morgan fingerprint density at radius 3 is 2.33 bits per heavy atom. The van der Waals surface area contributed by atoms with E-state index in [1.165, 1.54) is 11.1 Å². The van der Waals surface area contributed by atoms with Crippen molar-refractivity contribution in [3.05, 3.63) is 48.0 Å². The average molecular weight is 202 g/mol. The van der Waals surface area contributed by atoms with Crippen molar-refractivity contribution >= 4 is 5.97 Å². The second-order valence-electron chi connectivity index (χ2n) is 4.04. The molecule has 0 amide bonds. The van der Waals surface area contributed by atoms with Crippen LogP contribution in [0.15, 0.2) is 36.9 Å².